The van der Waals surface area contributed by atoms with Crippen molar-refractivity contribution in [1.29, 1.82) is 0 Å². The number of nitrogen functional groups attached to an aromatic ring is 2. The Hall–Kier alpha value is -3.90. The van der Waals surface area contributed by atoms with E-state index in [4.69, 9.17) is 21.9 Å². The smallest absolute Gasteiger partial charge is 0.303 e. The lowest BCUT2D eigenvalue weighted by Crippen LogP contribution is -2.29. The van der Waals surface area contributed by atoms with Gasteiger partial charge in [-0.05, 0) is 24.3 Å². The van der Waals surface area contributed by atoms with Crippen LogP contribution in [0.1, 0.15) is 33.6 Å². The van der Waals surface area contributed by atoms with E-state index in [0.717, 1.165) is 0 Å². The van der Waals surface area contributed by atoms with Crippen LogP contribution in [0.25, 0.3) is 0 Å². The standard InChI is InChI=1S/2C6H7N3O.C4H6O4/c2*7-9-6(10)5-1-3-8-4-2-5;5-3(6)1-2-4(7)8/h2*1-4H,7H2,(H,9,10);1-2H2,(H,5,6)(H,7,8). The van der Waals surface area contributed by atoms with Crippen LogP contribution >= 0.6 is 0 Å². The number of nitrogens with one attached hydrogen (secondary N) is 2. The molecule has 12 heteroatoms. The van der Waals surface area contributed by atoms with Crippen LogP contribution in [0.3, 0.4) is 0 Å². The van der Waals surface area contributed by atoms with E-state index in [0.29, 0.717) is 11.1 Å². The second-order valence-electron chi connectivity index (χ2n) is 4.71. The van der Waals surface area contributed by atoms with Crippen molar-refractivity contribution in [1.82, 2.24) is 20.8 Å². The third kappa shape index (κ3) is 11.6. The molecular weight excluding hydrogens is 372 g/mol. The summed E-state index contributed by atoms with van der Waals surface area (Å²) in [6, 6.07) is 6.34. The maximum Gasteiger partial charge on any atom is 0.303 e. The number of rotatable bonds is 5. The highest BCUT2D eigenvalue weighted by atomic mass is 16.4. The predicted octanol–water partition coefficient (Wildman–Crippen LogP) is -0.694. The van der Waals surface area contributed by atoms with E-state index in [9.17, 15) is 19.2 Å². The van der Waals surface area contributed by atoms with Gasteiger partial charge in [0.2, 0.25) is 0 Å². The molecule has 0 spiro atoms. The molecule has 2 aromatic rings. The molecule has 8 N–H and O–H groups in total. The lowest BCUT2D eigenvalue weighted by atomic mass is 10.3. The molecule has 2 rings (SSSR count). The molecule has 0 aliphatic carbocycles. The molecule has 28 heavy (non-hydrogen) atoms. The van der Waals surface area contributed by atoms with Gasteiger partial charge in [-0.25, -0.2) is 11.7 Å². The number of aliphatic carboxylic acids is 2. The Morgan fingerprint density at radius 2 is 1.00 bits per heavy atom. The van der Waals surface area contributed by atoms with Crippen molar-refractivity contribution in [3.8, 4) is 0 Å². The molecule has 0 fully saturated rings. The first-order valence-corrected chi connectivity index (χ1v) is 7.57. The molecular formula is C16H20N6O6. The van der Waals surface area contributed by atoms with Crippen LogP contribution in [-0.2, 0) is 9.59 Å². The second kappa shape index (κ2) is 14.3. The summed E-state index contributed by atoms with van der Waals surface area (Å²) in [5, 5.41) is 15.8. The van der Waals surface area contributed by atoms with Crippen molar-refractivity contribution in [3.63, 3.8) is 0 Å². The number of pyridine rings is 2. The first-order valence-electron chi connectivity index (χ1n) is 7.57. The molecule has 0 aliphatic rings. The molecule has 0 radical (unpaired) electrons. The number of hydrazine groups is 2. The molecule has 0 saturated heterocycles. The molecule has 2 aromatic heterocycles. The number of hydrogen-bond donors (Lipinski definition) is 6. The normalized spacial score (nSPS) is 8.79. The van der Waals surface area contributed by atoms with E-state index in [1.807, 2.05) is 10.9 Å². The van der Waals surface area contributed by atoms with Gasteiger partial charge in [0.05, 0.1) is 12.8 Å². The van der Waals surface area contributed by atoms with Crippen LogP contribution in [0.2, 0.25) is 0 Å². The van der Waals surface area contributed by atoms with Crippen LogP contribution in [0.4, 0.5) is 0 Å². The number of carboxylic acid groups (broad SMARTS) is 2. The van der Waals surface area contributed by atoms with Crippen molar-refractivity contribution in [2.75, 3.05) is 0 Å². The monoisotopic (exact) mass is 392 g/mol. The number of aromatic nitrogens is 2. The Balaban J connectivity index is 0.000000394. The highest BCUT2D eigenvalue weighted by molar-refractivity contribution is 5.93. The molecule has 0 saturated carbocycles. The Morgan fingerprint density at radius 3 is 1.21 bits per heavy atom. The number of nitrogens with two attached hydrogens (primary N) is 2. The van der Waals surface area contributed by atoms with E-state index in [1.165, 1.54) is 24.8 Å². The largest absolute Gasteiger partial charge is 0.481 e. The molecule has 0 bridgehead atoms. The SMILES string of the molecule is NNC(=O)c1ccncc1.NNC(=O)c1ccncc1.O=C(O)CCC(=O)O. The number of nitrogens with zero attached hydrogens (tertiary/aromatic N) is 2. The van der Waals surface area contributed by atoms with Gasteiger partial charge in [-0.2, -0.15) is 0 Å². The Morgan fingerprint density at radius 1 is 0.714 bits per heavy atom. The summed E-state index contributed by atoms with van der Waals surface area (Å²) in [6.07, 6.45) is 5.54. The Bertz CT molecular complexity index is 691. The number of hydrogen-bond acceptors (Lipinski definition) is 8. The highest BCUT2D eigenvalue weighted by Crippen LogP contribution is 1.94. The topological polar surface area (TPSA) is 211 Å². The summed E-state index contributed by atoms with van der Waals surface area (Å²) >= 11 is 0. The quantitative estimate of drug-likeness (QED) is 0.214. The van der Waals surface area contributed by atoms with Crippen LogP contribution in [-0.4, -0.2) is 43.9 Å². The zero-order chi connectivity index (χ0) is 21.4. The minimum atomic E-state index is -1.08. The molecule has 12 nitrogen and oxygen atoms in total. The van der Waals surface area contributed by atoms with Gasteiger partial charge in [-0.3, -0.25) is 40.0 Å². The van der Waals surface area contributed by atoms with Crippen molar-refractivity contribution in [3.05, 3.63) is 60.2 Å². The molecule has 2 amide bonds. The van der Waals surface area contributed by atoms with Crippen molar-refractivity contribution < 1.29 is 29.4 Å². The zero-order valence-electron chi connectivity index (χ0n) is 14.6. The van der Waals surface area contributed by atoms with Gasteiger partial charge in [0, 0.05) is 35.9 Å². The van der Waals surface area contributed by atoms with E-state index >= 15 is 0 Å². The van der Waals surface area contributed by atoms with Gasteiger partial charge >= 0.3 is 11.9 Å². The number of carbonyl (C=O) groups is 4. The number of amides is 2. The average Bonchev–Trinajstić information content (AvgIpc) is 2.73. The van der Waals surface area contributed by atoms with Crippen LogP contribution in [0.5, 0.6) is 0 Å². The Labute approximate surface area is 159 Å². The predicted molar refractivity (Wildman–Crippen MR) is 96.3 cm³/mol. The second-order valence-corrected chi connectivity index (χ2v) is 4.71. The van der Waals surface area contributed by atoms with E-state index in [1.54, 1.807) is 24.3 Å². The van der Waals surface area contributed by atoms with Gasteiger partial charge in [0.15, 0.2) is 0 Å². The van der Waals surface area contributed by atoms with Gasteiger partial charge in [-0.1, -0.05) is 0 Å². The summed E-state index contributed by atoms with van der Waals surface area (Å²) in [6.45, 7) is 0. The number of carbonyl (C=O) groups excluding carboxylic acids is 2. The van der Waals surface area contributed by atoms with Gasteiger partial charge in [-0.15, -0.1) is 0 Å². The number of carboxylic acids is 2. The maximum absolute atomic E-state index is 10.7. The summed E-state index contributed by atoms with van der Waals surface area (Å²) in [5.41, 5.74) is 5.05. The summed E-state index contributed by atoms with van der Waals surface area (Å²) in [7, 11) is 0. The van der Waals surface area contributed by atoms with Gasteiger partial charge in [0.25, 0.3) is 11.8 Å². The zero-order valence-corrected chi connectivity index (χ0v) is 14.6. The Kier molecular flexibility index (Phi) is 12.3. The molecule has 150 valence electrons. The van der Waals surface area contributed by atoms with Gasteiger partial charge < -0.3 is 10.2 Å². The van der Waals surface area contributed by atoms with Crippen molar-refractivity contribution in [2.24, 2.45) is 11.7 Å². The van der Waals surface area contributed by atoms with Crippen LogP contribution < -0.4 is 22.5 Å². The van der Waals surface area contributed by atoms with E-state index in [-0.39, 0.29) is 24.7 Å². The minimum Gasteiger partial charge on any atom is -0.481 e. The maximum atomic E-state index is 10.7. The first kappa shape index (κ1) is 24.1. The van der Waals surface area contributed by atoms with E-state index in [2.05, 4.69) is 9.97 Å². The third-order valence-corrected chi connectivity index (χ3v) is 2.70. The first-order chi connectivity index (χ1) is 13.3. The van der Waals surface area contributed by atoms with Crippen LogP contribution in [0.15, 0.2) is 49.1 Å². The fourth-order valence-corrected chi connectivity index (χ4v) is 1.39. The fraction of sp³-hybridized carbons (Fsp3) is 0.125. The lowest BCUT2D eigenvalue weighted by Gasteiger charge is -1.95. The summed E-state index contributed by atoms with van der Waals surface area (Å²) in [4.78, 5) is 48.3. The minimum absolute atomic E-state index is 0.296. The van der Waals surface area contributed by atoms with E-state index < -0.39 is 11.9 Å². The summed E-state index contributed by atoms with van der Waals surface area (Å²) < 4.78 is 0. The third-order valence-electron chi connectivity index (χ3n) is 2.70. The van der Waals surface area contributed by atoms with Crippen molar-refractivity contribution in [2.45, 2.75) is 12.8 Å². The summed E-state index contributed by atoms with van der Waals surface area (Å²) in [5.74, 6) is 7.01. The average molecular weight is 392 g/mol. The lowest BCUT2D eigenvalue weighted by molar-refractivity contribution is -0.143. The molecule has 0 atom stereocenters. The van der Waals surface area contributed by atoms with Crippen LogP contribution in [0, 0.1) is 0 Å². The molecule has 2 heterocycles. The van der Waals surface area contributed by atoms with Gasteiger partial charge in [0.1, 0.15) is 0 Å². The highest BCUT2D eigenvalue weighted by Gasteiger charge is 2.01. The fourth-order valence-electron chi connectivity index (χ4n) is 1.39. The molecule has 0 aliphatic heterocycles. The molecule has 0 aromatic carbocycles. The van der Waals surface area contributed by atoms with Crippen molar-refractivity contribution >= 4 is 23.8 Å². The molecule has 0 unspecified atom stereocenters.